The second kappa shape index (κ2) is 4.43. The first-order valence-corrected chi connectivity index (χ1v) is 6.78. The predicted molar refractivity (Wildman–Crippen MR) is 70.9 cm³/mol. The molecule has 2 heteroatoms. The third kappa shape index (κ3) is 2.53. The third-order valence-corrected chi connectivity index (χ3v) is 4.24. The molecule has 17 heavy (non-hydrogen) atoms. The number of hydrogen-bond donors (Lipinski definition) is 1. The first kappa shape index (κ1) is 11.2. The van der Waals surface area contributed by atoms with E-state index < -0.39 is 0 Å². The molecule has 3 rings (SSSR count). The molecule has 1 N–H and O–H groups in total. The Morgan fingerprint density at radius 1 is 1.29 bits per heavy atom. The van der Waals surface area contributed by atoms with Crippen molar-refractivity contribution in [2.45, 2.75) is 31.8 Å². The van der Waals surface area contributed by atoms with Gasteiger partial charge in [0.05, 0.1) is 0 Å². The number of nitrogens with one attached hydrogen (secondary N) is 1. The van der Waals surface area contributed by atoms with Gasteiger partial charge in [0.2, 0.25) is 0 Å². The van der Waals surface area contributed by atoms with Crippen LogP contribution in [0, 0.1) is 5.92 Å². The van der Waals surface area contributed by atoms with Gasteiger partial charge in [-0.05, 0) is 31.2 Å². The van der Waals surface area contributed by atoms with Gasteiger partial charge in [-0.2, -0.15) is 0 Å². The van der Waals surface area contributed by atoms with E-state index in [0.717, 1.165) is 19.0 Å². The number of nitrogens with zero attached hydrogens (tertiary/aromatic N) is 1. The van der Waals surface area contributed by atoms with Crippen molar-refractivity contribution in [2.24, 2.45) is 5.92 Å². The molecule has 0 spiro atoms. The summed E-state index contributed by atoms with van der Waals surface area (Å²) in [5.41, 5.74) is 1.81. The van der Waals surface area contributed by atoms with Crippen molar-refractivity contribution in [1.82, 2.24) is 10.2 Å². The van der Waals surface area contributed by atoms with Crippen LogP contribution in [0.1, 0.15) is 25.3 Å². The van der Waals surface area contributed by atoms with E-state index in [1.165, 1.54) is 31.5 Å². The Kier molecular flexibility index (Phi) is 2.93. The molecule has 1 atom stereocenters. The van der Waals surface area contributed by atoms with Crippen LogP contribution >= 0.6 is 0 Å². The smallest absolute Gasteiger partial charge is 0.0309 e. The fourth-order valence-electron chi connectivity index (χ4n) is 3.07. The number of rotatable bonds is 3. The Morgan fingerprint density at radius 2 is 2.06 bits per heavy atom. The van der Waals surface area contributed by atoms with Gasteiger partial charge in [-0.25, -0.2) is 0 Å². The van der Waals surface area contributed by atoms with Crippen LogP contribution in [0.25, 0.3) is 0 Å². The molecule has 2 fully saturated rings. The monoisotopic (exact) mass is 230 g/mol. The van der Waals surface area contributed by atoms with Crippen LogP contribution in [-0.4, -0.2) is 30.1 Å². The SMILES string of the molecule is CC1(C2CC2)CN(Cc2ccccc2)CCN1. The average molecular weight is 230 g/mol. The minimum Gasteiger partial charge on any atom is -0.309 e. The molecular formula is C15H22N2. The minimum atomic E-state index is 0.368. The van der Waals surface area contributed by atoms with Crippen LogP contribution in [0.15, 0.2) is 30.3 Å². The molecule has 0 bridgehead atoms. The molecule has 1 aromatic rings. The van der Waals surface area contributed by atoms with Gasteiger partial charge in [0.1, 0.15) is 0 Å². The van der Waals surface area contributed by atoms with Crippen LogP contribution in [0.3, 0.4) is 0 Å². The molecule has 1 aromatic carbocycles. The fourth-order valence-corrected chi connectivity index (χ4v) is 3.07. The summed E-state index contributed by atoms with van der Waals surface area (Å²) >= 11 is 0. The van der Waals surface area contributed by atoms with E-state index in [1.807, 2.05) is 0 Å². The lowest BCUT2D eigenvalue weighted by molar-refractivity contribution is 0.121. The number of hydrogen-bond acceptors (Lipinski definition) is 2. The van der Waals surface area contributed by atoms with Crippen molar-refractivity contribution in [3.05, 3.63) is 35.9 Å². The topological polar surface area (TPSA) is 15.3 Å². The largest absolute Gasteiger partial charge is 0.309 e. The summed E-state index contributed by atoms with van der Waals surface area (Å²) in [5.74, 6) is 0.918. The van der Waals surface area contributed by atoms with Gasteiger partial charge in [0.15, 0.2) is 0 Å². The highest BCUT2D eigenvalue weighted by atomic mass is 15.2. The summed E-state index contributed by atoms with van der Waals surface area (Å²) in [6.07, 6.45) is 2.84. The van der Waals surface area contributed by atoms with Gasteiger partial charge in [-0.1, -0.05) is 30.3 Å². The molecule has 2 aliphatic rings. The highest BCUT2D eigenvalue weighted by molar-refractivity contribution is 5.15. The maximum Gasteiger partial charge on any atom is 0.0309 e. The Balaban J connectivity index is 1.64. The molecule has 1 aliphatic carbocycles. The summed E-state index contributed by atoms with van der Waals surface area (Å²) in [5, 5.41) is 3.73. The van der Waals surface area contributed by atoms with E-state index in [9.17, 15) is 0 Å². The second-order valence-electron chi connectivity index (χ2n) is 5.81. The molecule has 1 aliphatic heterocycles. The molecule has 1 unspecified atom stereocenters. The average Bonchev–Trinajstić information content (AvgIpc) is 3.14. The van der Waals surface area contributed by atoms with Gasteiger partial charge < -0.3 is 5.32 Å². The zero-order chi connectivity index (χ0) is 11.7. The molecule has 1 saturated carbocycles. The molecular weight excluding hydrogens is 208 g/mol. The standard InChI is InChI=1S/C15H22N2/c1-15(14-7-8-14)12-17(10-9-16-15)11-13-5-3-2-4-6-13/h2-6,14,16H,7-12H2,1H3. The second-order valence-corrected chi connectivity index (χ2v) is 5.81. The third-order valence-electron chi connectivity index (χ3n) is 4.24. The van der Waals surface area contributed by atoms with Gasteiger partial charge >= 0.3 is 0 Å². The van der Waals surface area contributed by atoms with Crippen molar-refractivity contribution >= 4 is 0 Å². The van der Waals surface area contributed by atoms with E-state index >= 15 is 0 Å². The highest BCUT2D eigenvalue weighted by Gasteiger charge is 2.43. The van der Waals surface area contributed by atoms with Gasteiger partial charge in [-0.15, -0.1) is 0 Å². The first-order valence-electron chi connectivity index (χ1n) is 6.78. The van der Waals surface area contributed by atoms with Crippen LogP contribution in [0.2, 0.25) is 0 Å². The van der Waals surface area contributed by atoms with Crippen LogP contribution < -0.4 is 5.32 Å². The first-order chi connectivity index (χ1) is 8.26. The van der Waals surface area contributed by atoms with E-state index in [4.69, 9.17) is 0 Å². The van der Waals surface area contributed by atoms with Crippen LogP contribution in [-0.2, 0) is 6.54 Å². The van der Waals surface area contributed by atoms with Crippen molar-refractivity contribution in [3.8, 4) is 0 Å². The summed E-state index contributed by atoms with van der Waals surface area (Å²) in [6.45, 7) is 7.02. The molecule has 2 nitrogen and oxygen atoms in total. The van der Waals surface area contributed by atoms with E-state index in [2.05, 4.69) is 47.5 Å². The molecule has 0 amide bonds. The minimum absolute atomic E-state index is 0.368. The van der Waals surface area contributed by atoms with Gasteiger partial charge in [-0.3, -0.25) is 4.90 Å². The Hall–Kier alpha value is -0.860. The molecule has 0 aromatic heterocycles. The molecule has 0 radical (unpaired) electrons. The Labute approximate surface area is 104 Å². The number of benzene rings is 1. The lowest BCUT2D eigenvalue weighted by Gasteiger charge is -2.42. The molecule has 92 valence electrons. The molecule has 1 heterocycles. The summed E-state index contributed by atoms with van der Waals surface area (Å²) < 4.78 is 0. The van der Waals surface area contributed by atoms with Gasteiger partial charge in [0.25, 0.3) is 0 Å². The summed E-state index contributed by atoms with van der Waals surface area (Å²) in [6, 6.07) is 10.8. The highest BCUT2D eigenvalue weighted by Crippen LogP contribution is 2.40. The van der Waals surface area contributed by atoms with E-state index in [-0.39, 0.29) is 0 Å². The Morgan fingerprint density at radius 3 is 2.76 bits per heavy atom. The zero-order valence-corrected chi connectivity index (χ0v) is 10.7. The number of piperazine rings is 1. The maximum absolute atomic E-state index is 3.73. The molecule has 1 saturated heterocycles. The van der Waals surface area contributed by atoms with Crippen molar-refractivity contribution < 1.29 is 0 Å². The quantitative estimate of drug-likeness (QED) is 0.857. The van der Waals surface area contributed by atoms with Crippen LogP contribution in [0.4, 0.5) is 0 Å². The lowest BCUT2D eigenvalue weighted by Crippen LogP contribution is -2.59. The normalized spacial score (nSPS) is 30.4. The fraction of sp³-hybridized carbons (Fsp3) is 0.600. The van der Waals surface area contributed by atoms with Crippen LogP contribution in [0.5, 0.6) is 0 Å². The van der Waals surface area contributed by atoms with Crippen molar-refractivity contribution in [3.63, 3.8) is 0 Å². The lowest BCUT2D eigenvalue weighted by atomic mass is 9.92. The van der Waals surface area contributed by atoms with E-state index in [0.29, 0.717) is 5.54 Å². The summed E-state index contributed by atoms with van der Waals surface area (Å²) in [7, 11) is 0. The Bertz CT molecular complexity index is 372. The maximum atomic E-state index is 3.73. The predicted octanol–water partition coefficient (Wildman–Crippen LogP) is 2.26. The zero-order valence-electron chi connectivity index (χ0n) is 10.7. The van der Waals surface area contributed by atoms with Crippen molar-refractivity contribution in [1.29, 1.82) is 0 Å². The van der Waals surface area contributed by atoms with Crippen molar-refractivity contribution in [2.75, 3.05) is 19.6 Å². The summed E-state index contributed by atoms with van der Waals surface area (Å²) in [4.78, 5) is 2.60. The van der Waals surface area contributed by atoms with Gasteiger partial charge in [0, 0.05) is 31.7 Å². The van der Waals surface area contributed by atoms with E-state index in [1.54, 1.807) is 0 Å².